The Hall–Kier alpha value is -4.22. The second-order valence-corrected chi connectivity index (χ2v) is 11.3. The number of benzene rings is 2. The summed E-state index contributed by atoms with van der Waals surface area (Å²) in [5.41, 5.74) is 14.2. The van der Waals surface area contributed by atoms with Gasteiger partial charge in [0, 0.05) is 29.9 Å². The number of nitrogens with two attached hydrogens (primary N) is 2. The van der Waals surface area contributed by atoms with Gasteiger partial charge in [-0.05, 0) is 48.9 Å². The van der Waals surface area contributed by atoms with Crippen molar-refractivity contribution >= 4 is 34.6 Å². The number of rotatable bonds is 17. The summed E-state index contributed by atoms with van der Waals surface area (Å²) >= 11 is 0. The van der Waals surface area contributed by atoms with Crippen molar-refractivity contribution in [1.29, 1.82) is 0 Å². The predicted molar refractivity (Wildman–Crippen MR) is 166 cm³/mol. The van der Waals surface area contributed by atoms with Crippen LogP contribution in [-0.2, 0) is 32.0 Å². The number of nitrogens with one attached hydrogen (secondary N) is 4. The number of H-pyrrole nitrogens is 1. The lowest BCUT2D eigenvalue weighted by atomic mass is 10.00. The van der Waals surface area contributed by atoms with E-state index >= 15 is 0 Å². The third-order valence-corrected chi connectivity index (χ3v) is 7.28. The average molecular weight is 593 g/mol. The summed E-state index contributed by atoms with van der Waals surface area (Å²) in [7, 11) is 0. The van der Waals surface area contributed by atoms with Gasteiger partial charge in [-0.1, -0.05) is 68.8 Å². The molecule has 0 saturated carbocycles. The Kier molecular flexibility index (Phi) is 12.7. The topological polar surface area (TPSA) is 192 Å². The lowest BCUT2D eigenvalue weighted by molar-refractivity contribution is -0.142. The largest absolute Gasteiger partial charge is 0.480 e. The van der Waals surface area contributed by atoms with Gasteiger partial charge in [-0.15, -0.1) is 0 Å². The molecule has 3 amide bonds. The molecule has 9 N–H and O–H groups in total. The van der Waals surface area contributed by atoms with E-state index in [1.165, 1.54) is 0 Å². The molecule has 2 aromatic carbocycles. The summed E-state index contributed by atoms with van der Waals surface area (Å²) in [6.07, 6.45) is 4.09. The zero-order chi connectivity index (χ0) is 31.4. The molecule has 11 heteroatoms. The molecule has 0 aliphatic carbocycles. The van der Waals surface area contributed by atoms with Crippen molar-refractivity contribution in [2.45, 2.75) is 76.5 Å². The number of unbranched alkanes of at least 4 members (excludes halogenated alkanes) is 1. The molecule has 0 fully saturated rings. The third kappa shape index (κ3) is 10.2. The average Bonchev–Trinajstić information content (AvgIpc) is 3.39. The molecular weight excluding hydrogens is 548 g/mol. The van der Waals surface area contributed by atoms with Crippen molar-refractivity contribution in [3.63, 3.8) is 0 Å². The first kappa shape index (κ1) is 33.3. The Morgan fingerprint density at radius 3 is 2.07 bits per heavy atom. The summed E-state index contributed by atoms with van der Waals surface area (Å²) in [6, 6.07) is 12.6. The number of para-hydroxylation sites is 1. The van der Waals surface area contributed by atoms with E-state index in [9.17, 15) is 24.3 Å². The fourth-order valence-electron chi connectivity index (χ4n) is 4.94. The second-order valence-electron chi connectivity index (χ2n) is 11.3. The maximum absolute atomic E-state index is 13.8. The molecule has 4 unspecified atom stereocenters. The number of amides is 3. The van der Waals surface area contributed by atoms with Crippen LogP contribution in [0.4, 0.5) is 0 Å². The number of fused-ring (bicyclic) bond motifs is 1. The normalized spacial score (nSPS) is 14.1. The molecule has 232 valence electrons. The van der Waals surface area contributed by atoms with Gasteiger partial charge in [-0.2, -0.15) is 0 Å². The monoisotopic (exact) mass is 592 g/mol. The van der Waals surface area contributed by atoms with Crippen molar-refractivity contribution in [3.8, 4) is 0 Å². The van der Waals surface area contributed by atoms with Crippen molar-refractivity contribution < 1.29 is 24.3 Å². The molecule has 0 aliphatic rings. The summed E-state index contributed by atoms with van der Waals surface area (Å²) in [5.74, 6) is -2.82. The molecule has 0 bridgehead atoms. The van der Waals surface area contributed by atoms with Crippen LogP contribution in [0.1, 0.15) is 50.7 Å². The highest BCUT2D eigenvalue weighted by Crippen LogP contribution is 2.19. The number of hydrogen-bond donors (Lipinski definition) is 7. The molecule has 3 rings (SSSR count). The number of aromatic amines is 1. The second kappa shape index (κ2) is 16.4. The molecule has 0 spiro atoms. The number of aromatic nitrogens is 1. The number of hydrogen-bond acceptors (Lipinski definition) is 6. The summed E-state index contributed by atoms with van der Waals surface area (Å²) < 4.78 is 0. The Labute approximate surface area is 252 Å². The lowest BCUT2D eigenvalue weighted by Gasteiger charge is -2.26. The van der Waals surface area contributed by atoms with E-state index in [1.54, 1.807) is 6.20 Å². The SMILES string of the molecule is CC(C)CC(NC(=O)C(Cc1ccccc1)NC(=O)C(Cc1c[nH]c2ccccc12)NC(=O)C(N)CCCCN)C(=O)O. The summed E-state index contributed by atoms with van der Waals surface area (Å²) in [5, 5.41) is 18.8. The highest BCUT2D eigenvalue weighted by Gasteiger charge is 2.31. The van der Waals surface area contributed by atoms with Gasteiger partial charge in [0.05, 0.1) is 6.04 Å². The highest BCUT2D eigenvalue weighted by atomic mass is 16.4. The molecule has 0 saturated heterocycles. The number of carbonyl (C=O) groups excluding carboxylic acids is 3. The van der Waals surface area contributed by atoms with Crippen LogP contribution < -0.4 is 27.4 Å². The molecule has 4 atom stereocenters. The van der Waals surface area contributed by atoms with E-state index in [4.69, 9.17) is 11.5 Å². The zero-order valence-corrected chi connectivity index (χ0v) is 24.8. The summed E-state index contributed by atoms with van der Waals surface area (Å²) in [4.78, 5) is 55.4. The van der Waals surface area contributed by atoms with E-state index < -0.39 is 47.9 Å². The third-order valence-electron chi connectivity index (χ3n) is 7.28. The first-order valence-electron chi connectivity index (χ1n) is 14.8. The van der Waals surface area contributed by atoms with Crippen molar-refractivity contribution in [2.75, 3.05) is 6.54 Å². The van der Waals surface area contributed by atoms with E-state index in [0.29, 0.717) is 19.4 Å². The van der Waals surface area contributed by atoms with Crippen LogP contribution in [0, 0.1) is 5.92 Å². The predicted octanol–water partition coefficient (Wildman–Crippen LogP) is 1.99. The lowest BCUT2D eigenvalue weighted by Crippen LogP contribution is -2.58. The Bertz CT molecular complexity index is 1360. The van der Waals surface area contributed by atoms with E-state index in [0.717, 1.165) is 28.5 Å². The molecule has 1 heterocycles. The minimum absolute atomic E-state index is 0.0217. The van der Waals surface area contributed by atoms with Gasteiger partial charge in [0.25, 0.3) is 0 Å². The Balaban J connectivity index is 1.87. The van der Waals surface area contributed by atoms with Gasteiger partial charge in [-0.3, -0.25) is 14.4 Å². The van der Waals surface area contributed by atoms with Crippen LogP contribution in [0.25, 0.3) is 10.9 Å². The van der Waals surface area contributed by atoms with E-state index in [-0.39, 0.29) is 25.2 Å². The van der Waals surface area contributed by atoms with Crippen LogP contribution in [0.15, 0.2) is 60.8 Å². The van der Waals surface area contributed by atoms with Crippen molar-refractivity contribution in [1.82, 2.24) is 20.9 Å². The smallest absolute Gasteiger partial charge is 0.326 e. The minimum Gasteiger partial charge on any atom is -0.480 e. The van der Waals surface area contributed by atoms with Crippen LogP contribution in [0.3, 0.4) is 0 Å². The number of aliphatic carboxylic acids is 1. The van der Waals surface area contributed by atoms with Gasteiger partial charge in [0.1, 0.15) is 18.1 Å². The molecule has 1 aromatic heterocycles. The number of carbonyl (C=O) groups is 4. The van der Waals surface area contributed by atoms with Crippen LogP contribution in [-0.4, -0.2) is 64.5 Å². The molecule has 0 radical (unpaired) electrons. The standard InChI is InChI=1S/C32H44N6O5/c1-20(2)16-28(32(42)43)38-30(40)26(17-21-10-4-3-5-11-21)37-31(41)27(36-29(39)24(34)13-8-9-15-33)18-22-19-35-25-14-7-6-12-23(22)25/h3-7,10-12,14,19-20,24,26-28,35H,8-9,13,15-18,33-34H2,1-2H3,(H,36,39)(H,37,41)(H,38,40)(H,42,43). The van der Waals surface area contributed by atoms with Gasteiger partial charge in [0.15, 0.2) is 0 Å². The quantitative estimate of drug-likeness (QED) is 0.117. The van der Waals surface area contributed by atoms with Crippen LogP contribution >= 0.6 is 0 Å². The zero-order valence-electron chi connectivity index (χ0n) is 24.8. The molecule has 0 aliphatic heterocycles. The minimum atomic E-state index is -1.15. The first-order valence-corrected chi connectivity index (χ1v) is 14.8. The highest BCUT2D eigenvalue weighted by molar-refractivity contribution is 5.95. The van der Waals surface area contributed by atoms with Gasteiger partial charge >= 0.3 is 5.97 Å². The number of carboxylic acids is 1. The van der Waals surface area contributed by atoms with E-state index in [1.807, 2.05) is 68.4 Å². The molecule has 3 aromatic rings. The molecule has 43 heavy (non-hydrogen) atoms. The van der Waals surface area contributed by atoms with Crippen molar-refractivity contribution in [3.05, 3.63) is 71.9 Å². The first-order chi connectivity index (χ1) is 20.6. The van der Waals surface area contributed by atoms with Gasteiger partial charge in [0.2, 0.25) is 17.7 Å². The van der Waals surface area contributed by atoms with Crippen molar-refractivity contribution in [2.24, 2.45) is 17.4 Å². The summed E-state index contributed by atoms with van der Waals surface area (Å²) in [6.45, 7) is 4.22. The maximum Gasteiger partial charge on any atom is 0.326 e. The maximum atomic E-state index is 13.8. The van der Waals surface area contributed by atoms with Crippen LogP contribution in [0.5, 0.6) is 0 Å². The molecule has 11 nitrogen and oxygen atoms in total. The Morgan fingerprint density at radius 2 is 1.42 bits per heavy atom. The van der Waals surface area contributed by atoms with Gasteiger partial charge in [-0.25, -0.2) is 4.79 Å². The molecular formula is C32H44N6O5. The fraction of sp³-hybridized carbons (Fsp3) is 0.438. The number of carboxylic acid groups (broad SMARTS) is 1. The van der Waals surface area contributed by atoms with Crippen LogP contribution in [0.2, 0.25) is 0 Å². The Morgan fingerprint density at radius 1 is 0.814 bits per heavy atom. The fourth-order valence-corrected chi connectivity index (χ4v) is 4.94. The van der Waals surface area contributed by atoms with E-state index in [2.05, 4.69) is 20.9 Å². The van der Waals surface area contributed by atoms with Gasteiger partial charge < -0.3 is 37.5 Å².